The molecule has 0 aromatic carbocycles. The molecule has 7 nitrogen and oxygen atoms in total. The molecule has 0 aliphatic rings. The first-order chi connectivity index (χ1) is 12.7. The fraction of sp³-hybridized carbons (Fsp3) is 0.118. The van der Waals surface area contributed by atoms with Crippen LogP contribution in [0.2, 0.25) is 0 Å². The highest BCUT2D eigenvalue weighted by molar-refractivity contribution is 7.98. The van der Waals surface area contributed by atoms with E-state index in [2.05, 4.69) is 14.7 Å². The molecule has 0 atom stereocenters. The molecular formula is C17H12N2O5S2. The number of carbonyl (C=O) groups excluding carboxylic acids is 1. The summed E-state index contributed by atoms with van der Waals surface area (Å²) < 4.78 is 15.4. The Morgan fingerprint density at radius 2 is 2.27 bits per heavy atom. The molecule has 0 radical (unpaired) electrons. The van der Waals surface area contributed by atoms with Crippen LogP contribution in [0.4, 0.5) is 0 Å². The summed E-state index contributed by atoms with van der Waals surface area (Å²) in [7, 11) is 1.29. The van der Waals surface area contributed by atoms with E-state index in [9.17, 15) is 9.59 Å². The Labute approximate surface area is 155 Å². The van der Waals surface area contributed by atoms with Gasteiger partial charge < -0.3 is 18.6 Å². The molecule has 0 aliphatic heterocycles. The van der Waals surface area contributed by atoms with E-state index < -0.39 is 5.97 Å². The summed E-state index contributed by atoms with van der Waals surface area (Å²) in [5.41, 5.74) is 0.508. The van der Waals surface area contributed by atoms with Crippen molar-refractivity contribution in [1.29, 1.82) is 0 Å². The number of hydrogen-bond acceptors (Lipinski definition) is 8. The standard InChI is InChI=1S/C17H12N2O5S2/c1-22-16(21)12-5-4-9(24-12)7-26-17-18-14(20)13-10(8-25-15(13)19-17)11-3-2-6-23-11/h2-6,8H,7H2,1H3,(H,18,19,20). The van der Waals surface area contributed by atoms with Gasteiger partial charge in [0.25, 0.3) is 5.56 Å². The van der Waals surface area contributed by atoms with Gasteiger partial charge in [-0.2, -0.15) is 0 Å². The summed E-state index contributed by atoms with van der Waals surface area (Å²) >= 11 is 2.70. The van der Waals surface area contributed by atoms with Crippen molar-refractivity contribution in [3.05, 3.63) is 57.8 Å². The molecule has 4 aromatic rings. The second-order valence-electron chi connectivity index (χ2n) is 5.22. The molecule has 0 spiro atoms. The molecule has 0 saturated heterocycles. The third kappa shape index (κ3) is 3.06. The lowest BCUT2D eigenvalue weighted by molar-refractivity contribution is 0.0563. The van der Waals surface area contributed by atoms with Crippen molar-refractivity contribution in [2.75, 3.05) is 7.11 Å². The van der Waals surface area contributed by atoms with Crippen molar-refractivity contribution < 1.29 is 18.4 Å². The Balaban J connectivity index is 1.57. The van der Waals surface area contributed by atoms with E-state index in [1.54, 1.807) is 30.5 Å². The van der Waals surface area contributed by atoms with Crippen molar-refractivity contribution in [3.63, 3.8) is 0 Å². The number of furan rings is 2. The minimum absolute atomic E-state index is 0.140. The number of thiophene rings is 1. The monoisotopic (exact) mass is 388 g/mol. The smallest absolute Gasteiger partial charge is 0.373 e. The van der Waals surface area contributed by atoms with Crippen molar-refractivity contribution in [2.24, 2.45) is 0 Å². The Hall–Kier alpha value is -2.78. The average Bonchev–Trinajstić information content (AvgIpc) is 3.38. The summed E-state index contributed by atoms with van der Waals surface area (Å²) in [4.78, 5) is 31.8. The number of H-pyrrole nitrogens is 1. The zero-order chi connectivity index (χ0) is 18.1. The number of aromatic nitrogens is 2. The molecule has 9 heteroatoms. The molecule has 0 aliphatic carbocycles. The summed E-state index contributed by atoms with van der Waals surface area (Å²) in [6, 6.07) is 6.82. The molecule has 26 heavy (non-hydrogen) atoms. The average molecular weight is 388 g/mol. The Morgan fingerprint density at radius 1 is 1.38 bits per heavy atom. The van der Waals surface area contributed by atoms with Crippen LogP contribution in [0.1, 0.15) is 16.3 Å². The van der Waals surface area contributed by atoms with Crippen molar-refractivity contribution in [3.8, 4) is 11.3 Å². The van der Waals surface area contributed by atoms with E-state index in [4.69, 9.17) is 8.83 Å². The third-order valence-corrected chi connectivity index (χ3v) is 5.38. The van der Waals surface area contributed by atoms with Crippen LogP contribution in [0.15, 0.2) is 54.7 Å². The predicted molar refractivity (Wildman–Crippen MR) is 97.6 cm³/mol. The zero-order valence-corrected chi connectivity index (χ0v) is 15.1. The number of hydrogen-bond donors (Lipinski definition) is 1. The second kappa shape index (κ2) is 6.85. The molecule has 0 unspecified atom stereocenters. The number of nitrogens with zero attached hydrogens (tertiary/aromatic N) is 1. The normalized spacial score (nSPS) is 11.1. The number of rotatable bonds is 5. The van der Waals surface area contributed by atoms with Crippen molar-refractivity contribution in [1.82, 2.24) is 9.97 Å². The lowest BCUT2D eigenvalue weighted by atomic mass is 10.2. The number of nitrogens with one attached hydrogen (secondary N) is 1. The van der Waals surface area contributed by atoms with Gasteiger partial charge >= 0.3 is 5.97 Å². The summed E-state index contributed by atoms with van der Waals surface area (Å²) in [5, 5.41) is 2.85. The van der Waals surface area contributed by atoms with Gasteiger partial charge in [0.1, 0.15) is 16.4 Å². The van der Waals surface area contributed by atoms with Crippen LogP contribution in [-0.4, -0.2) is 23.0 Å². The lowest BCUT2D eigenvalue weighted by Gasteiger charge is -2.00. The SMILES string of the molecule is COC(=O)c1ccc(CSc2nc3scc(-c4ccco4)c3c(=O)[nH]2)o1. The quantitative estimate of drug-likeness (QED) is 0.314. The Kier molecular flexibility index (Phi) is 4.39. The molecular weight excluding hydrogens is 376 g/mol. The van der Waals surface area contributed by atoms with E-state index in [-0.39, 0.29) is 11.3 Å². The van der Waals surface area contributed by atoms with Crippen LogP contribution >= 0.6 is 23.1 Å². The number of carbonyl (C=O) groups is 1. The fourth-order valence-corrected chi connectivity index (χ4v) is 4.16. The number of aromatic amines is 1. The predicted octanol–water partition coefficient (Wildman–Crippen LogP) is 3.92. The van der Waals surface area contributed by atoms with Gasteiger partial charge in [-0.25, -0.2) is 9.78 Å². The van der Waals surface area contributed by atoms with Crippen LogP contribution in [-0.2, 0) is 10.5 Å². The van der Waals surface area contributed by atoms with Gasteiger partial charge in [0.2, 0.25) is 5.76 Å². The summed E-state index contributed by atoms with van der Waals surface area (Å²) in [5.74, 6) is 1.25. The Morgan fingerprint density at radius 3 is 3.04 bits per heavy atom. The summed E-state index contributed by atoms with van der Waals surface area (Å²) in [6.45, 7) is 0. The number of esters is 1. The fourth-order valence-electron chi connectivity index (χ4n) is 2.42. The molecule has 4 heterocycles. The maximum Gasteiger partial charge on any atom is 0.373 e. The first-order valence-corrected chi connectivity index (χ1v) is 9.37. The van der Waals surface area contributed by atoms with Gasteiger partial charge in [0, 0.05) is 10.9 Å². The van der Waals surface area contributed by atoms with E-state index in [1.165, 1.54) is 30.2 Å². The molecule has 4 aromatic heterocycles. The van der Waals surface area contributed by atoms with Crippen LogP contribution in [0.25, 0.3) is 21.5 Å². The molecule has 0 amide bonds. The topological polar surface area (TPSA) is 98.3 Å². The lowest BCUT2D eigenvalue weighted by Crippen LogP contribution is -2.08. The van der Waals surface area contributed by atoms with Gasteiger partial charge in [-0.15, -0.1) is 11.3 Å². The molecule has 132 valence electrons. The molecule has 0 bridgehead atoms. The maximum atomic E-state index is 12.5. The highest BCUT2D eigenvalue weighted by Gasteiger charge is 2.16. The van der Waals surface area contributed by atoms with Crippen molar-refractivity contribution in [2.45, 2.75) is 10.9 Å². The zero-order valence-electron chi connectivity index (χ0n) is 13.5. The van der Waals surface area contributed by atoms with Crippen LogP contribution in [0.5, 0.6) is 0 Å². The van der Waals surface area contributed by atoms with Gasteiger partial charge in [-0.05, 0) is 24.3 Å². The van der Waals surface area contributed by atoms with Crippen LogP contribution in [0.3, 0.4) is 0 Å². The molecule has 4 rings (SSSR count). The van der Waals surface area contributed by atoms with Gasteiger partial charge in [-0.3, -0.25) is 4.79 Å². The largest absolute Gasteiger partial charge is 0.464 e. The van der Waals surface area contributed by atoms with E-state index in [0.717, 1.165) is 5.56 Å². The number of fused-ring (bicyclic) bond motifs is 1. The molecule has 1 N–H and O–H groups in total. The highest BCUT2D eigenvalue weighted by atomic mass is 32.2. The molecule has 0 fully saturated rings. The van der Waals surface area contributed by atoms with Crippen LogP contribution in [0, 0.1) is 0 Å². The van der Waals surface area contributed by atoms with Gasteiger partial charge in [0.15, 0.2) is 5.16 Å². The first kappa shape index (κ1) is 16.7. The maximum absolute atomic E-state index is 12.5. The highest BCUT2D eigenvalue weighted by Crippen LogP contribution is 2.32. The second-order valence-corrected chi connectivity index (χ2v) is 7.05. The van der Waals surface area contributed by atoms with Crippen LogP contribution < -0.4 is 5.56 Å². The van der Waals surface area contributed by atoms with E-state index in [0.29, 0.717) is 32.6 Å². The first-order valence-electron chi connectivity index (χ1n) is 7.51. The summed E-state index contributed by atoms with van der Waals surface area (Å²) in [6.07, 6.45) is 1.57. The third-order valence-electron chi connectivity index (χ3n) is 3.61. The van der Waals surface area contributed by atoms with Gasteiger partial charge in [-0.1, -0.05) is 11.8 Å². The van der Waals surface area contributed by atoms with E-state index in [1.807, 2.05) is 5.38 Å². The minimum atomic E-state index is -0.529. The number of thioether (sulfide) groups is 1. The number of methoxy groups -OCH3 is 1. The Bertz CT molecular complexity index is 1120. The minimum Gasteiger partial charge on any atom is -0.464 e. The van der Waals surface area contributed by atoms with Gasteiger partial charge in [0.05, 0.1) is 24.5 Å². The van der Waals surface area contributed by atoms with E-state index >= 15 is 0 Å². The number of ether oxygens (including phenoxy) is 1. The van der Waals surface area contributed by atoms with Crippen molar-refractivity contribution >= 4 is 39.3 Å². The molecule has 0 saturated carbocycles.